The third-order valence-electron chi connectivity index (χ3n) is 6.53. The van der Waals surface area contributed by atoms with Gasteiger partial charge in [-0.05, 0) is 72.5 Å². The minimum atomic E-state index is -0.572. The van der Waals surface area contributed by atoms with Crippen LogP contribution in [0.3, 0.4) is 0 Å². The molecule has 0 N–H and O–H groups in total. The topological polar surface area (TPSA) is 69.0 Å². The fraction of sp³-hybridized carbons (Fsp3) is 0.214. The van der Waals surface area contributed by atoms with E-state index in [1.807, 2.05) is 74.5 Å². The molecule has 6 nitrogen and oxygen atoms in total. The number of hydrogen-bond donors (Lipinski definition) is 0. The summed E-state index contributed by atoms with van der Waals surface area (Å²) in [5.41, 5.74) is 4.37. The first-order valence-electron chi connectivity index (χ1n) is 11.1. The Labute approximate surface area is 197 Å². The Bertz CT molecular complexity index is 1450. The van der Waals surface area contributed by atoms with E-state index in [2.05, 4.69) is 0 Å². The van der Waals surface area contributed by atoms with Gasteiger partial charge >= 0.3 is 0 Å². The van der Waals surface area contributed by atoms with Gasteiger partial charge in [-0.2, -0.15) is 0 Å². The highest BCUT2D eigenvalue weighted by molar-refractivity contribution is 5.99. The minimum Gasteiger partial charge on any atom is -0.497 e. The van der Waals surface area contributed by atoms with Crippen LogP contribution in [0.4, 0.5) is 0 Å². The van der Waals surface area contributed by atoms with E-state index in [1.165, 1.54) is 0 Å². The first-order chi connectivity index (χ1) is 16.4. The van der Waals surface area contributed by atoms with Crippen LogP contribution in [-0.2, 0) is 6.54 Å². The van der Waals surface area contributed by atoms with Crippen molar-refractivity contribution in [2.45, 2.75) is 26.4 Å². The zero-order valence-electron chi connectivity index (χ0n) is 19.5. The maximum Gasteiger partial charge on any atom is 0.291 e. The lowest BCUT2D eigenvalue weighted by molar-refractivity contribution is 0.0714. The summed E-state index contributed by atoms with van der Waals surface area (Å²) in [6, 6.07) is 18.1. The van der Waals surface area contributed by atoms with Crippen LogP contribution in [0.5, 0.6) is 11.5 Å². The quantitative estimate of drug-likeness (QED) is 0.415. The molecule has 172 valence electrons. The van der Waals surface area contributed by atoms with E-state index < -0.39 is 6.04 Å². The normalized spacial score (nSPS) is 15.0. The van der Waals surface area contributed by atoms with E-state index in [0.29, 0.717) is 28.8 Å². The third kappa shape index (κ3) is 3.52. The number of carbonyl (C=O) groups is 1. The van der Waals surface area contributed by atoms with Crippen molar-refractivity contribution in [1.29, 1.82) is 0 Å². The van der Waals surface area contributed by atoms with E-state index in [4.69, 9.17) is 13.9 Å². The number of rotatable bonds is 5. The molecule has 1 aromatic heterocycles. The summed E-state index contributed by atoms with van der Waals surface area (Å²) in [5.74, 6) is 1.24. The number of aryl methyl sites for hydroxylation is 2. The van der Waals surface area contributed by atoms with Gasteiger partial charge in [-0.3, -0.25) is 9.59 Å². The van der Waals surface area contributed by atoms with Gasteiger partial charge in [0.05, 0.1) is 31.2 Å². The molecule has 0 spiro atoms. The van der Waals surface area contributed by atoms with Crippen LogP contribution in [0.2, 0.25) is 0 Å². The number of amides is 1. The van der Waals surface area contributed by atoms with Crippen LogP contribution in [0, 0.1) is 13.8 Å². The summed E-state index contributed by atoms with van der Waals surface area (Å²) in [7, 11) is 3.21. The van der Waals surface area contributed by atoms with Crippen molar-refractivity contribution >= 4 is 16.9 Å². The molecule has 0 saturated heterocycles. The van der Waals surface area contributed by atoms with Gasteiger partial charge in [0.15, 0.2) is 5.43 Å². The zero-order valence-corrected chi connectivity index (χ0v) is 19.5. The first kappa shape index (κ1) is 21.8. The van der Waals surface area contributed by atoms with Crippen molar-refractivity contribution in [3.8, 4) is 11.5 Å². The molecule has 0 fully saturated rings. The average molecular weight is 456 g/mol. The molecule has 0 saturated carbocycles. The number of ether oxygens (including phenoxy) is 2. The third-order valence-corrected chi connectivity index (χ3v) is 6.53. The van der Waals surface area contributed by atoms with Crippen LogP contribution < -0.4 is 14.9 Å². The molecule has 1 atom stereocenters. The van der Waals surface area contributed by atoms with E-state index in [0.717, 1.165) is 28.0 Å². The number of nitrogens with zero attached hydrogens (tertiary/aromatic N) is 1. The lowest BCUT2D eigenvalue weighted by atomic mass is 9.97. The van der Waals surface area contributed by atoms with Crippen molar-refractivity contribution in [1.82, 2.24) is 4.90 Å². The standard InChI is InChI=1S/C28H25NO5/c1-16-13-22-23(14-17(16)2)34-27-24(26(22)30)25(19-7-11-21(33-4)12-8-19)29(28(27)31)15-18-5-9-20(32-3)10-6-18/h5-14,25H,15H2,1-4H3. The lowest BCUT2D eigenvalue weighted by Gasteiger charge is -2.25. The summed E-state index contributed by atoms with van der Waals surface area (Å²) in [4.78, 5) is 29.1. The molecule has 6 heteroatoms. The first-order valence-corrected chi connectivity index (χ1v) is 11.1. The van der Waals surface area contributed by atoms with E-state index in [1.54, 1.807) is 19.1 Å². The summed E-state index contributed by atoms with van der Waals surface area (Å²) < 4.78 is 16.7. The van der Waals surface area contributed by atoms with Crippen LogP contribution in [-0.4, -0.2) is 25.0 Å². The van der Waals surface area contributed by atoms with Crippen molar-refractivity contribution in [2.75, 3.05) is 14.2 Å². The summed E-state index contributed by atoms with van der Waals surface area (Å²) in [6.07, 6.45) is 0. The fourth-order valence-corrected chi connectivity index (χ4v) is 4.50. The van der Waals surface area contributed by atoms with E-state index in [-0.39, 0.29) is 17.1 Å². The SMILES string of the molecule is COc1ccc(CN2C(=O)c3oc4cc(C)c(C)cc4c(=O)c3C2c2ccc(OC)cc2)cc1. The van der Waals surface area contributed by atoms with Crippen LogP contribution in [0.15, 0.2) is 69.9 Å². The molecular formula is C28H25NO5. The van der Waals surface area contributed by atoms with Gasteiger partial charge in [-0.25, -0.2) is 0 Å². The van der Waals surface area contributed by atoms with Crippen molar-refractivity contribution in [2.24, 2.45) is 0 Å². The molecule has 1 aliphatic heterocycles. The molecule has 1 aliphatic rings. The van der Waals surface area contributed by atoms with Crippen LogP contribution >= 0.6 is 0 Å². The highest BCUT2D eigenvalue weighted by Gasteiger charge is 2.42. The van der Waals surface area contributed by atoms with Gasteiger partial charge < -0.3 is 18.8 Å². The molecular weight excluding hydrogens is 430 g/mol. The second-order valence-corrected chi connectivity index (χ2v) is 8.56. The molecule has 3 aromatic carbocycles. The van der Waals surface area contributed by atoms with E-state index in [9.17, 15) is 9.59 Å². The molecule has 4 aromatic rings. The predicted octanol–water partition coefficient (Wildman–Crippen LogP) is 5.17. The molecule has 34 heavy (non-hydrogen) atoms. The summed E-state index contributed by atoms with van der Waals surface area (Å²) in [5, 5.41) is 0.486. The molecule has 1 unspecified atom stereocenters. The van der Waals surface area contributed by atoms with Gasteiger partial charge in [0.1, 0.15) is 17.1 Å². The smallest absolute Gasteiger partial charge is 0.291 e. The maximum atomic E-state index is 13.7. The Morgan fingerprint density at radius 2 is 1.44 bits per heavy atom. The van der Waals surface area contributed by atoms with Crippen LogP contribution in [0.25, 0.3) is 11.0 Å². The number of benzene rings is 3. The summed E-state index contributed by atoms with van der Waals surface area (Å²) >= 11 is 0. The Hall–Kier alpha value is -4.06. The van der Waals surface area contributed by atoms with Gasteiger partial charge in [-0.15, -0.1) is 0 Å². The number of methoxy groups -OCH3 is 2. The number of carbonyl (C=O) groups excluding carboxylic acids is 1. The maximum absolute atomic E-state index is 13.7. The zero-order chi connectivity index (χ0) is 24.0. The van der Waals surface area contributed by atoms with Crippen molar-refractivity contribution in [3.05, 3.63) is 104 Å². The molecule has 1 amide bonds. The Balaban J connectivity index is 1.69. The van der Waals surface area contributed by atoms with Crippen molar-refractivity contribution < 1.29 is 18.7 Å². The number of hydrogen-bond acceptors (Lipinski definition) is 5. The second kappa shape index (κ2) is 8.37. The average Bonchev–Trinajstić information content (AvgIpc) is 3.12. The number of fused-ring (bicyclic) bond motifs is 2. The highest BCUT2D eigenvalue weighted by Crippen LogP contribution is 2.40. The Kier molecular flexibility index (Phi) is 5.36. The fourth-order valence-electron chi connectivity index (χ4n) is 4.50. The molecule has 0 aliphatic carbocycles. The van der Waals surface area contributed by atoms with Gasteiger partial charge in [0.2, 0.25) is 5.76 Å². The van der Waals surface area contributed by atoms with Gasteiger partial charge in [-0.1, -0.05) is 24.3 Å². The van der Waals surface area contributed by atoms with E-state index >= 15 is 0 Å². The largest absolute Gasteiger partial charge is 0.497 e. The Morgan fingerprint density at radius 1 is 0.853 bits per heavy atom. The Morgan fingerprint density at radius 3 is 2.06 bits per heavy atom. The molecule has 0 bridgehead atoms. The second-order valence-electron chi connectivity index (χ2n) is 8.56. The van der Waals surface area contributed by atoms with Crippen molar-refractivity contribution in [3.63, 3.8) is 0 Å². The van der Waals surface area contributed by atoms with Crippen LogP contribution in [0.1, 0.15) is 44.4 Å². The predicted molar refractivity (Wildman–Crippen MR) is 130 cm³/mol. The minimum absolute atomic E-state index is 0.107. The summed E-state index contributed by atoms with van der Waals surface area (Å²) in [6.45, 7) is 4.24. The highest BCUT2D eigenvalue weighted by atomic mass is 16.5. The van der Waals surface area contributed by atoms with Gasteiger partial charge in [0, 0.05) is 6.54 Å². The van der Waals surface area contributed by atoms with Gasteiger partial charge in [0.25, 0.3) is 5.91 Å². The molecule has 5 rings (SSSR count). The lowest BCUT2D eigenvalue weighted by Crippen LogP contribution is -2.29. The monoisotopic (exact) mass is 455 g/mol. The molecule has 0 radical (unpaired) electrons. The molecule has 2 heterocycles.